The fraction of sp³-hybridized carbons (Fsp3) is 0.333. The van der Waals surface area contributed by atoms with E-state index >= 15 is 0 Å². The van der Waals surface area contributed by atoms with Crippen molar-refractivity contribution in [2.45, 2.75) is 25.8 Å². The Kier molecular flexibility index (Phi) is 5.53. The molecule has 0 aliphatic carbocycles. The second-order valence-corrected chi connectivity index (χ2v) is 8.62. The number of piperidine rings is 1. The predicted molar refractivity (Wildman–Crippen MR) is 115 cm³/mol. The van der Waals surface area contributed by atoms with Crippen molar-refractivity contribution in [1.29, 1.82) is 0 Å². The molecule has 7 heteroatoms. The molecule has 0 radical (unpaired) electrons. The smallest absolute Gasteiger partial charge is 0.269 e. The number of amides is 1. The van der Waals surface area contributed by atoms with Gasteiger partial charge in [0, 0.05) is 18.3 Å². The molecule has 0 N–H and O–H groups in total. The fourth-order valence-corrected chi connectivity index (χ4v) is 4.47. The number of likely N-dealkylation sites (tertiary alicyclic amines) is 1. The highest BCUT2D eigenvalue weighted by molar-refractivity contribution is 7.12. The summed E-state index contributed by atoms with van der Waals surface area (Å²) in [6, 6.07) is 11.7. The van der Waals surface area contributed by atoms with Crippen molar-refractivity contribution < 1.29 is 4.79 Å². The lowest BCUT2D eigenvalue weighted by atomic mass is 10.0. The number of carbonyl (C=O) groups is 1. The summed E-state index contributed by atoms with van der Waals surface area (Å²) < 4.78 is 1.76. The van der Waals surface area contributed by atoms with Gasteiger partial charge in [-0.05, 0) is 69.0 Å². The monoisotopic (exact) mass is 414 g/mol. The zero-order valence-electron chi connectivity index (χ0n) is 16.0. The highest BCUT2D eigenvalue weighted by Gasteiger charge is 2.31. The third kappa shape index (κ3) is 3.85. The number of halogens is 1. The highest BCUT2D eigenvalue weighted by Crippen LogP contribution is 2.28. The van der Waals surface area contributed by atoms with E-state index in [-0.39, 0.29) is 11.9 Å². The SMILES string of the molecule is Cc1ccc(Cl)c(-n2ccc(N(C(=O)c3cccs3)C3CCN(C)CC3)n2)c1. The van der Waals surface area contributed by atoms with Gasteiger partial charge in [0.25, 0.3) is 5.91 Å². The molecule has 1 saturated heterocycles. The summed E-state index contributed by atoms with van der Waals surface area (Å²) in [5.74, 6) is 0.690. The largest absolute Gasteiger partial charge is 0.306 e. The highest BCUT2D eigenvalue weighted by atomic mass is 35.5. The van der Waals surface area contributed by atoms with Crippen molar-refractivity contribution in [2.24, 2.45) is 0 Å². The third-order valence-corrected chi connectivity index (χ3v) is 6.35. The molecule has 0 bridgehead atoms. The van der Waals surface area contributed by atoms with E-state index in [9.17, 15) is 4.79 Å². The average Bonchev–Trinajstić information content (AvgIpc) is 3.38. The summed E-state index contributed by atoms with van der Waals surface area (Å²) in [6.07, 6.45) is 3.75. The number of nitrogens with zero attached hydrogens (tertiary/aromatic N) is 4. The second kappa shape index (κ2) is 8.07. The molecule has 1 aromatic carbocycles. The molecule has 0 saturated carbocycles. The lowest BCUT2D eigenvalue weighted by Gasteiger charge is -2.36. The second-order valence-electron chi connectivity index (χ2n) is 7.26. The summed E-state index contributed by atoms with van der Waals surface area (Å²) in [4.78, 5) is 18.2. The maximum absolute atomic E-state index is 13.3. The molecule has 5 nitrogen and oxygen atoms in total. The van der Waals surface area contributed by atoms with E-state index in [0.29, 0.717) is 10.8 Å². The van der Waals surface area contributed by atoms with E-state index in [4.69, 9.17) is 16.7 Å². The molecule has 1 amide bonds. The van der Waals surface area contributed by atoms with E-state index in [1.165, 1.54) is 11.3 Å². The minimum atomic E-state index is 0.0187. The summed E-state index contributed by atoms with van der Waals surface area (Å²) in [7, 11) is 2.12. The van der Waals surface area contributed by atoms with Gasteiger partial charge in [0.05, 0.1) is 15.6 Å². The molecule has 1 aliphatic rings. The van der Waals surface area contributed by atoms with Crippen LogP contribution in [0, 0.1) is 6.92 Å². The van der Waals surface area contributed by atoms with Gasteiger partial charge in [0.1, 0.15) is 0 Å². The summed E-state index contributed by atoms with van der Waals surface area (Å²) in [5.41, 5.74) is 1.93. The molecule has 28 heavy (non-hydrogen) atoms. The number of benzene rings is 1. The quantitative estimate of drug-likeness (QED) is 0.624. The maximum atomic E-state index is 13.3. The molecule has 2 aromatic heterocycles. The number of thiophene rings is 1. The Labute approximate surface area is 174 Å². The van der Waals surface area contributed by atoms with Gasteiger partial charge >= 0.3 is 0 Å². The first-order valence-electron chi connectivity index (χ1n) is 9.41. The number of hydrogen-bond acceptors (Lipinski definition) is 4. The minimum absolute atomic E-state index is 0.0187. The molecule has 146 valence electrons. The Morgan fingerprint density at radius 1 is 1.25 bits per heavy atom. The van der Waals surface area contributed by atoms with E-state index < -0.39 is 0 Å². The van der Waals surface area contributed by atoms with Crippen LogP contribution in [0.5, 0.6) is 0 Å². The van der Waals surface area contributed by atoms with Crippen molar-refractivity contribution >= 4 is 34.7 Å². The molecule has 3 heterocycles. The molecule has 3 aromatic rings. The maximum Gasteiger partial charge on any atom is 0.269 e. The number of aryl methyl sites for hydroxylation is 1. The molecule has 0 spiro atoms. The Morgan fingerprint density at radius 3 is 2.75 bits per heavy atom. The minimum Gasteiger partial charge on any atom is -0.306 e. The van der Waals surface area contributed by atoms with Crippen molar-refractivity contribution in [3.05, 3.63) is 63.4 Å². The Balaban J connectivity index is 1.70. The Bertz CT molecular complexity index is 961. The zero-order valence-corrected chi connectivity index (χ0v) is 17.6. The average molecular weight is 415 g/mol. The van der Waals surface area contributed by atoms with Crippen LogP contribution in [0.4, 0.5) is 5.82 Å². The van der Waals surface area contributed by atoms with Crippen LogP contribution in [0.25, 0.3) is 5.69 Å². The first-order valence-corrected chi connectivity index (χ1v) is 10.7. The van der Waals surface area contributed by atoms with E-state index in [2.05, 4.69) is 11.9 Å². The first-order chi connectivity index (χ1) is 13.5. The van der Waals surface area contributed by atoms with Crippen LogP contribution < -0.4 is 4.90 Å². The van der Waals surface area contributed by atoms with Gasteiger partial charge in [-0.2, -0.15) is 0 Å². The van der Waals surface area contributed by atoms with Crippen LogP contribution in [-0.2, 0) is 0 Å². The molecule has 1 fully saturated rings. The van der Waals surface area contributed by atoms with Crippen molar-refractivity contribution in [3.8, 4) is 5.69 Å². The summed E-state index contributed by atoms with van der Waals surface area (Å²) in [5, 5.41) is 7.31. The topological polar surface area (TPSA) is 41.4 Å². The number of anilines is 1. The van der Waals surface area contributed by atoms with Gasteiger partial charge in [-0.1, -0.05) is 23.7 Å². The number of hydrogen-bond donors (Lipinski definition) is 0. The Morgan fingerprint density at radius 2 is 2.04 bits per heavy atom. The number of carbonyl (C=O) groups excluding carboxylic acids is 1. The van der Waals surface area contributed by atoms with E-state index in [1.54, 1.807) is 4.68 Å². The fourth-order valence-electron chi connectivity index (χ4n) is 3.60. The van der Waals surface area contributed by atoms with Gasteiger partial charge < -0.3 is 4.90 Å². The summed E-state index contributed by atoms with van der Waals surface area (Å²) >= 11 is 7.85. The van der Waals surface area contributed by atoms with Crippen LogP contribution >= 0.6 is 22.9 Å². The van der Waals surface area contributed by atoms with Crippen LogP contribution in [-0.4, -0.2) is 46.8 Å². The molecule has 0 unspecified atom stereocenters. The molecule has 1 aliphatic heterocycles. The first kappa shape index (κ1) is 19.2. The van der Waals surface area contributed by atoms with E-state index in [1.807, 2.05) is 59.8 Å². The number of aromatic nitrogens is 2. The van der Waals surface area contributed by atoms with Crippen molar-refractivity contribution in [1.82, 2.24) is 14.7 Å². The van der Waals surface area contributed by atoms with Crippen molar-refractivity contribution in [2.75, 3.05) is 25.0 Å². The molecule has 0 atom stereocenters. The van der Waals surface area contributed by atoms with Gasteiger partial charge in [-0.15, -0.1) is 16.4 Å². The molecular weight excluding hydrogens is 392 g/mol. The van der Waals surface area contributed by atoms with E-state index in [0.717, 1.165) is 42.1 Å². The standard InChI is InChI=1S/C21H23ClN4OS/c1-15-5-6-17(22)18(14-15)25-12-9-20(23-25)26(16-7-10-24(2)11-8-16)21(27)19-4-3-13-28-19/h3-6,9,12-14,16H,7-8,10-11H2,1-2H3. The van der Waals surface area contributed by atoms with Gasteiger partial charge in [-0.3, -0.25) is 9.69 Å². The van der Waals surface area contributed by atoms with Crippen LogP contribution in [0.2, 0.25) is 5.02 Å². The van der Waals surface area contributed by atoms with Crippen LogP contribution in [0.15, 0.2) is 48.0 Å². The third-order valence-electron chi connectivity index (χ3n) is 5.17. The zero-order chi connectivity index (χ0) is 19.7. The normalized spacial score (nSPS) is 15.7. The molecule has 4 rings (SSSR count). The molecular formula is C21H23ClN4OS. The van der Waals surface area contributed by atoms with Crippen LogP contribution in [0.3, 0.4) is 0 Å². The lowest BCUT2D eigenvalue weighted by Crippen LogP contribution is -2.47. The predicted octanol–water partition coefficient (Wildman–Crippen LogP) is 4.64. The van der Waals surface area contributed by atoms with Gasteiger partial charge in [0.2, 0.25) is 0 Å². The summed E-state index contributed by atoms with van der Waals surface area (Å²) in [6.45, 7) is 3.97. The van der Waals surface area contributed by atoms with Gasteiger partial charge in [0.15, 0.2) is 5.82 Å². The van der Waals surface area contributed by atoms with Crippen molar-refractivity contribution in [3.63, 3.8) is 0 Å². The van der Waals surface area contributed by atoms with Crippen LogP contribution in [0.1, 0.15) is 28.1 Å². The number of rotatable bonds is 4. The Hall–Kier alpha value is -2.15. The lowest BCUT2D eigenvalue weighted by molar-refractivity contribution is 0.0966. The van der Waals surface area contributed by atoms with Gasteiger partial charge in [-0.25, -0.2) is 4.68 Å².